The molecule has 9 heteroatoms. The molecule has 2 aromatic carbocycles. The van der Waals surface area contributed by atoms with Gasteiger partial charge in [-0.1, -0.05) is 44.8 Å². The zero-order valence-corrected chi connectivity index (χ0v) is 16.9. The van der Waals surface area contributed by atoms with E-state index in [0.29, 0.717) is 28.7 Å². The molecule has 0 spiro atoms. The molecule has 0 aliphatic carbocycles. The highest BCUT2D eigenvalue weighted by Gasteiger charge is 2.21. The minimum Gasteiger partial charge on any atom is -0.334 e. The minimum atomic E-state index is -3.57. The van der Waals surface area contributed by atoms with E-state index in [1.165, 1.54) is 11.4 Å². The molecule has 0 aliphatic rings. The molecule has 26 heavy (non-hydrogen) atoms. The number of hydrogen-bond acceptors (Lipinski definition) is 5. The minimum absolute atomic E-state index is 0.222. The van der Waals surface area contributed by atoms with Crippen LogP contribution >= 0.6 is 27.5 Å². The summed E-state index contributed by atoms with van der Waals surface area (Å²) >= 11 is 9.41. The molecule has 1 aromatic heterocycles. The summed E-state index contributed by atoms with van der Waals surface area (Å²) in [5.74, 6) is 0.724. The maximum Gasteiger partial charge on any atom is 0.259 e. The Hall–Kier alpha value is -1.74. The largest absolute Gasteiger partial charge is 0.334 e. The number of nitrogens with zero attached hydrogens (tertiary/aromatic N) is 3. The van der Waals surface area contributed by atoms with Gasteiger partial charge in [0.25, 0.3) is 5.89 Å². The van der Waals surface area contributed by atoms with Gasteiger partial charge in [-0.05, 0) is 36.4 Å². The van der Waals surface area contributed by atoms with Crippen molar-refractivity contribution in [2.75, 3.05) is 13.6 Å². The second-order valence-corrected chi connectivity index (χ2v) is 8.89. The van der Waals surface area contributed by atoms with Crippen LogP contribution in [0.5, 0.6) is 0 Å². The number of halogens is 2. The van der Waals surface area contributed by atoms with Crippen molar-refractivity contribution in [2.45, 2.75) is 11.3 Å². The number of sulfonamides is 1. The van der Waals surface area contributed by atoms with Crippen LogP contribution in [0.2, 0.25) is 5.02 Å². The second-order valence-electron chi connectivity index (χ2n) is 5.53. The lowest BCUT2D eigenvalue weighted by molar-refractivity contribution is 0.415. The van der Waals surface area contributed by atoms with Crippen LogP contribution in [0.4, 0.5) is 0 Å². The van der Waals surface area contributed by atoms with Crippen LogP contribution in [-0.4, -0.2) is 36.5 Å². The zero-order valence-electron chi connectivity index (χ0n) is 13.8. The van der Waals surface area contributed by atoms with Crippen LogP contribution in [0, 0.1) is 0 Å². The standard InChI is InChI=1S/C17H15BrClN3O3S/c1-22(26(23,24)13-8-6-12(18)7-9-13)11-10-16-20-17(25-21-16)14-4-2-3-5-15(14)19/h2-9H,10-11H2,1H3. The zero-order chi connectivity index (χ0) is 18.7. The second kappa shape index (κ2) is 7.87. The van der Waals surface area contributed by atoms with E-state index in [4.69, 9.17) is 16.1 Å². The van der Waals surface area contributed by atoms with Crippen molar-refractivity contribution in [1.82, 2.24) is 14.4 Å². The normalized spacial score (nSPS) is 11.8. The maximum absolute atomic E-state index is 12.6. The monoisotopic (exact) mass is 455 g/mol. The number of benzene rings is 2. The molecule has 0 unspecified atom stereocenters. The molecule has 0 radical (unpaired) electrons. The number of hydrogen-bond donors (Lipinski definition) is 0. The summed E-state index contributed by atoms with van der Waals surface area (Å²) in [6.45, 7) is 0.222. The van der Waals surface area contributed by atoms with Crippen LogP contribution in [0.25, 0.3) is 11.5 Å². The lowest BCUT2D eigenvalue weighted by atomic mass is 10.2. The van der Waals surface area contributed by atoms with Gasteiger partial charge in [0, 0.05) is 24.5 Å². The first kappa shape index (κ1) is 19.0. The molecule has 0 saturated carbocycles. The van der Waals surface area contributed by atoms with Gasteiger partial charge in [0.1, 0.15) is 0 Å². The van der Waals surface area contributed by atoms with Crippen molar-refractivity contribution in [3.63, 3.8) is 0 Å². The van der Waals surface area contributed by atoms with Crippen molar-refractivity contribution in [1.29, 1.82) is 0 Å². The van der Waals surface area contributed by atoms with Crippen LogP contribution in [0.1, 0.15) is 5.82 Å². The highest BCUT2D eigenvalue weighted by atomic mass is 79.9. The first-order valence-electron chi connectivity index (χ1n) is 7.67. The predicted molar refractivity (Wildman–Crippen MR) is 102 cm³/mol. The highest BCUT2D eigenvalue weighted by molar-refractivity contribution is 9.10. The Labute approximate surface area is 165 Å². The summed E-state index contributed by atoms with van der Waals surface area (Å²) in [5, 5.41) is 4.41. The molecule has 1 heterocycles. The molecule has 0 N–H and O–H groups in total. The fourth-order valence-electron chi connectivity index (χ4n) is 2.26. The maximum atomic E-state index is 12.6. The summed E-state index contributed by atoms with van der Waals surface area (Å²) in [5.41, 5.74) is 0.642. The molecule has 0 fully saturated rings. The summed E-state index contributed by atoms with van der Waals surface area (Å²) in [4.78, 5) is 4.52. The van der Waals surface area contributed by atoms with Crippen LogP contribution < -0.4 is 0 Å². The van der Waals surface area contributed by atoms with Gasteiger partial charge in [-0.3, -0.25) is 0 Å². The quantitative estimate of drug-likeness (QED) is 0.560. The molecule has 6 nitrogen and oxygen atoms in total. The van der Waals surface area contributed by atoms with Crippen LogP contribution in [0.3, 0.4) is 0 Å². The molecule has 0 atom stereocenters. The Morgan fingerprint density at radius 2 is 1.85 bits per heavy atom. The van der Waals surface area contributed by atoms with Crippen LogP contribution in [0.15, 0.2) is 62.4 Å². The molecular formula is C17H15BrClN3O3S. The molecule has 0 saturated heterocycles. The van der Waals surface area contributed by atoms with Gasteiger partial charge in [-0.2, -0.15) is 4.98 Å². The van der Waals surface area contributed by atoms with Gasteiger partial charge in [-0.25, -0.2) is 12.7 Å². The van der Waals surface area contributed by atoms with Crippen LogP contribution in [-0.2, 0) is 16.4 Å². The summed E-state index contributed by atoms with van der Waals surface area (Å²) in [6, 6.07) is 13.6. The summed E-state index contributed by atoms with van der Waals surface area (Å²) < 4.78 is 32.4. The predicted octanol–water partition coefficient (Wildman–Crippen LogP) is 4.02. The van der Waals surface area contributed by atoms with E-state index in [2.05, 4.69) is 26.1 Å². The van der Waals surface area contributed by atoms with E-state index in [1.807, 2.05) is 12.1 Å². The van der Waals surface area contributed by atoms with E-state index in [0.717, 1.165) is 4.47 Å². The SMILES string of the molecule is CN(CCc1noc(-c2ccccc2Cl)n1)S(=O)(=O)c1ccc(Br)cc1. The molecule has 3 aromatic rings. The molecule has 136 valence electrons. The molecule has 0 aliphatic heterocycles. The van der Waals surface area contributed by atoms with E-state index in [9.17, 15) is 8.42 Å². The van der Waals surface area contributed by atoms with Crippen molar-refractivity contribution in [3.05, 3.63) is 63.9 Å². The van der Waals surface area contributed by atoms with Gasteiger partial charge in [0.05, 0.1) is 15.5 Å². The van der Waals surface area contributed by atoms with Crippen molar-refractivity contribution < 1.29 is 12.9 Å². The highest BCUT2D eigenvalue weighted by Crippen LogP contribution is 2.26. The first-order chi connectivity index (χ1) is 12.4. The number of rotatable bonds is 6. The number of aromatic nitrogens is 2. The first-order valence-corrected chi connectivity index (χ1v) is 10.3. The van der Waals surface area contributed by atoms with E-state index >= 15 is 0 Å². The molecular weight excluding hydrogens is 442 g/mol. The lowest BCUT2D eigenvalue weighted by Crippen LogP contribution is -2.29. The van der Waals surface area contributed by atoms with Gasteiger partial charge in [0.15, 0.2) is 5.82 Å². The van der Waals surface area contributed by atoms with Crippen molar-refractivity contribution in [2.24, 2.45) is 0 Å². The molecule has 3 rings (SSSR count). The van der Waals surface area contributed by atoms with Gasteiger partial charge in [-0.15, -0.1) is 0 Å². The van der Waals surface area contributed by atoms with Gasteiger partial charge in [0.2, 0.25) is 10.0 Å². The van der Waals surface area contributed by atoms with E-state index < -0.39 is 10.0 Å². The fraction of sp³-hybridized carbons (Fsp3) is 0.176. The average Bonchev–Trinajstić information content (AvgIpc) is 3.09. The lowest BCUT2D eigenvalue weighted by Gasteiger charge is -2.16. The Kier molecular flexibility index (Phi) is 5.76. The van der Waals surface area contributed by atoms with Gasteiger partial charge >= 0.3 is 0 Å². The Morgan fingerprint density at radius 3 is 2.54 bits per heavy atom. The third kappa shape index (κ3) is 4.15. The third-order valence-electron chi connectivity index (χ3n) is 3.74. The average molecular weight is 457 g/mol. The smallest absolute Gasteiger partial charge is 0.259 e. The molecule has 0 bridgehead atoms. The topological polar surface area (TPSA) is 76.3 Å². The van der Waals surface area contributed by atoms with E-state index in [-0.39, 0.29) is 11.4 Å². The van der Waals surface area contributed by atoms with Crippen molar-refractivity contribution >= 4 is 37.6 Å². The van der Waals surface area contributed by atoms with Crippen molar-refractivity contribution in [3.8, 4) is 11.5 Å². The molecule has 0 amide bonds. The summed E-state index contributed by atoms with van der Waals surface area (Å²) in [6.07, 6.45) is 0.320. The summed E-state index contributed by atoms with van der Waals surface area (Å²) in [7, 11) is -2.05. The van der Waals surface area contributed by atoms with Gasteiger partial charge < -0.3 is 4.52 Å². The Bertz CT molecular complexity index is 1010. The Balaban J connectivity index is 1.69. The number of likely N-dealkylation sites (N-methyl/N-ethyl adjacent to an activating group) is 1. The van der Waals surface area contributed by atoms with E-state index in [1.54, 1.807) is 36.4 Å². The fourth-order valence-corrected chi connectivity index (χ4v) is 3.92. The Morgan fingerprint density at radius 1 is 1.15 bits per heavy atom. The third-order valence-corrected chi connectivity index (χ3v) is 6.47.